The zero-order valence-corrected chi connectivity index (χ0v) is 17.7. The van der Waals surface area contributed by atoms with Gasteiger partial charge in [0.1, 0.15) is 11.5 Å². The number of nitrogens with zero attached hydrogens (tertiary/aromatic N) is 2. The number of fused-ring (bicyclic) bond motifs is 2. The number of hydrogen-bond acceptors (Lipinski definition) is 5. The maximum atomic E-state index is 14.3. The molecule has 0 aliphatic rings. The highest BCUT2D eigenvalue weighted by Crippen LogP contribution is 2.40. The normalized spacial score (nSPS) is 11.1. The Morgan fingerprint density at radius 3 is 2.42 bits per heavy atom. The van der Waals surface area contributed by atoms with Gasteiger partial charge in [-0.2, -0.15) is 5.10 Å². The molecule has 7 heteroatoms. The summed E-state index contributed by atoms with van der Waals surface area (Å²) in [6.07, 6.45) is 0. The molecule has 1 heterocycles. The van der Waals surface area contributed by atoms with Crippen LogP contribution in [0.1, 0.15) is 18.2 Å². The molecular weight excluding hydrogens is 399 g/mol. The summed E-state index contributed by atoms with van der Waals surface area (Å²) < 4.78 is 26.1. The van der Waals surface area contributed by atoms with Gasteiger partial charge in [0.15, 0.2) is 5.75 Å². The monoisotopic (exact) mass is 420 g/mol. The molecule has 4 rings (SSSR count). The predicted molar refractivity (Wildman–Crippen MR) is 117 cm³/mol. The van der Waals surface area contributed by atoms with Crippen LogP contribution < -0.4 is 10.3 Å². The van der Waals surface area contributed by atoms with Crippen molar-refractivity contribution >= 4 is 27.5 Å². The van der Waals surface area contributed by atoms with E-state index in [0.29, 0.717) is 16.6 Å². The smallest absolute Gasteiger partial charge is 0.305 e. The lowest BCUT2D eigenvalue weighted by Crippen LogP contribution is -2.24. The van der Waals surface area contributed by atoms with Gasteiger partial charge in [0.2, 0.25) is 6.79 Å². The zero-order chi connectivity index (χ0) is 22.3. The molecule has 0 saturated heterocycles. The fourth-order valence-electron chi connectivity index (χ4n) is 3.79. The predicted octanol–water partition coefficient (Wildman–Crippen LogP) is 4.41. The van der Waals surface area contributed by atoms with Crippen molar-refractivity contribution in [3.05, 3.63) is 69.9 Å². The molecule has 0 atom stereocenters. The van der Waals surface area contributed by atoms with Crippen LogP contribution in [0.5, 0.6) is 5.75 Å². The number of esters is 1. The standard InChI is InChI=1S/C24H21FN2O4/c1-13-5-6-16-10-17-7-8-18(25)11-20(17)21(19(16)9-13)22-23(31-12-30-15(3)28)14(2)26-27(4)24(22)29/h5-11H,12H2,1-4H3. The first kappa shape index (κ1) is 20.5. The van der Waals surface area contributed by atoms with E-state index in [-0.39, 0.29) is 18.1 Å². The second kappa shape index (κ2) is 7.83. The summed E-state index contributed by atoms with van der Waals surface area (Å²) in [5.74, 6) is -0.723. The molecule has 4 aromatic rings. The summed E-state index contributed by atoms with van der Waals surface area (Å²) in [6.45, 7) is 4.55. The van der Waals surface area contributed by atoms with Crippen molar-refractivity contribution in [1.82, 2.24) is 9.78 Å². The van der Waals surface area contributed by atoms with Crippen molar-refractivity contribution in [2.24, 2.45) is 7.05 Å². The number of hydrogen-bond donors (Lipinski definition) is 0. The fourth-order valence-corrected chi connectivity index (χ4v) is 3.79. The van der Waals surface area contributed by atoms with Gasteiger partial charge in [0.05, 0.1) is 5.56 Å². The van der Waals surface area contributed by atoms with Crippen LogP contribution >= 0.6 is 0 Å². The number of aromatic nitrogens is 2. The van der Waals surface area contributed by atoms with Gasteiger partial charge < -0.3 is 9.47 Å². The lowest BCUT2D eigenvalue weighted by atomic mass is 9.91. The molecule has 31 heavy (non-hydrogen) atoms. The van der Waals surface area contributed by atoms with Gasteiger partial charge in [-0.25, -0.2) is 9.07 Å². The molecule has 0 aliphatic heterocycles. The number of halogens is 1. The zero-order valence-electron chi connectivity index (χ0n) is 17.7. The van der Waals surface area contributed by atoms with Crippen molar-refractivity contribution in [2.45, 2.75) is 20.8 Å². The molecular formula is C24H21FN2O4. The van der Waals surface area contributed by atoms with Gasteiger partial charge in [-0.1, -0.05) is 29.8 Å². The van der Waals surface area contributed by atoms with Gasteiger partial charge in [-0.15, -0.1) is 0 Å². The molecule has 1 aromatic heterocycles. The third-order valence-electron chi connectivity index (χ3n) is 5.15. The summed E-state index contributed by atoms with van der Waals surface area (Å²) in [4.78, 5) is 24.5. The van der Waals surface area contributed by atoms with Crippen molar-refractivity contribution in [2.75, 3.05) is 6.79 Å². The number of aryl methyl sites for hydroxylation is 3. The second-order valence-corrected chi connectivity index (χ2v) is 7.46. The molecule has 0 saturated carbocycles. The van der Waals surface area contributed by atoms with Gasteiger partial charge >= 0.3 is 5.97 Å². The fraction of sp³-hybridized carbons (Fsp3) is 0.208. The van der Waals surface area contributed by atoms with Crippen molar-refractivity contribution < 1.29 is 18.7 Å². The molecule has 0 fully saturated rings. The minimum atomic E-state index is -0.510. The van der Waals surface area contributed by atoms with E-state index < -0.39 is 17.3 Å². The molecule has 0 N–H and O–H groups in total. The average molecular weight is 420 g/mol. The van der Waals surface area contributed by atoms with Crippen molar-refractivity contribution in [1.29, 1.82) is 0 Å². The van der Waals surface area contributed by atoms with Crippen molar-refractivity contribution in [3.8, 4) is 16.9 Å². The van der Waals surface area contributed by atoms with E-state index in [0.717, 1.165) is 21.7 Å². The van der Waals surface area contributed by atoms with E-state index >= 15 is 0 Å². The Morgan fingerprint density at radius 1 is 1.03 bits per heavy atom. The summed E-state index contributed by atoms with van der Waals surface area (Å²) in [7, 11) is 1.55. The summed E-state index contributed by atoms with van der Waals surface area (Å²) >= 11 is 0. The maximum Gasteiger partial charge on any atom is 0.305 e. The largest absolute Gasteiger partial charge is 0.455 e. The van der Waals surface area contributed by atoms with Crippen LogP contribution in [0.25, 0.3) is 32.7 Å². The van der Waals surface area contributed by atoms with Gasteiger partial charge in [0, 0.05) is 19.5 Å². The molecule has 0 aliphatic carbocycles. The summed E-state index contributed by atoms with van der Waals surface area (Å²) in [6, 6.07) is 12.4. The molecule has 0 radical (unpaired) electrons. The first-order chi connectivity index (χ1) is 14.8. The Balaban J connectivity index is 2.14. The molecule has 3 aromatic carbocycles. The first-order valence-electron chi connectivity index (χ1n) is 9.73. The summed E-state index contributed by atoms with van der Waals surface area (Å²) in [5.41, 5.74) is 1.84. The third kappa shape index (κ3) is 3.74. The molecule has 0 spiro atoms. The SMILES string of the molecule is CC(=O)OCOc1c(C)nn(C)c(=O)c1-c1c2cc(C)ccc2cc2ccc(F)cc12. The van der Waals surface area contributed by atoms with Crippen LogP contribution in [0, 0.1) is 19.7 Å². The second-order valence-electron chi connectivity index (χ2n) is 7.46. The average Bonchev–Trinajstić information content (AvgIpc) is 2.71. The summed E-state index contributed by atoms with van der Waals surface area (Å²) in [5, 5.41) is 7.28. The molecule has 158 valence electrons. The number of carbonyl (C=O) groups is 1. The van der Waals surface area contributed by atoms with E-state index in [2.05, 4.69) is 5.10 Å². The molecule has 0 bridgehead atoms. The highest BCUT2D eigenvalue weighted by molar-refractivity contribution is 6.13. The minimum absolute atomic E-state index is 0.198. The van der Waals surface area contributed by atoms with Crippen molar-refractivity contribution in [3.63, 3.8) is 0 Å². The highest BCUT2D eigenvalue weighted by atomic mass is 19.1. The molecule has 0 unspecified atom stereocenters. The third-order valence-corrected chi connectivity index (χ3v) is 5.15. The van der Waals surface area contributed by atoms with Gasteiger partial charge in [-0.05, 0) is 53.6 Å². The van der Waals surface area contributed by atoms with Gasteiger partial charge in [0.25, 0.3) is 5.56 Å². The van der Waals surface area contributed by atoms with E-state index in [9.17, 15) is 14.0 Å². The van der Waals surface area contributed by atoms with E-state index in [1.165, 1.54) is 23.7 Å². The lowest BCUT2D eigenvalue weighted by molar-refractivity contribution is -0.147. The number of carbonyl (C=O) groups excluding carboxylic acids is 1. The van der Waals surface area contributed by atoms with Crippen LogP contribution in [-0.2, 0) is 16.6 Å². The Kier molecular flexibility index (Phi) is 5.19. The van der Waals surface area contributed by atoms with E-state index in [1.807, 2.05) is 31.2 Å². The topological polar surface area (TPSA) is 70.4 Å². The number of ether oxygens (including phenoxy) is 2. The lowest BCUT2D eigenvalue weighted by Gasteiger charge is -2.18. The van der Waals surface area contributed by atoms with Crippen LogP contribution in [-0.4, -0.2) is 22.5 Å². The van der Waals surface area contributed by atoms with Crippen LogP contribution in [0.4, 0.5) is 4.39 Å². The Bertz CT molecular complexity index is 1350. The van der Waals surface area contributed by atoms with Crippen LogP contribution in [0.2, 0.25) is 0 Å². The van der Waals surface area contributed by atoms with Crippen LogP contribution in [0.15, 0.2) is 47.3 Å². The Morgan fingerprint density at radius 2 is 1.71 bits per heavy atom. The Labute approximate surface area is 177 Å². The number of rotatable bonds is 4. The van der Waals surface area contributed by atoms with Crippen LogP contribution in [0.3, 0.4) is 0 Å². The number of benzene rings is 3. The first-order valence-corrected chi connectivity index (χ1v) is 9.73. The minimum Gasteiger partial charge on any atom is -0.455 e. The van der Waals surface area contributed by atoms with E-state index in [1.54, 1.807) is 20.0 Å². The maximum absolute atomic E-state index is 14.3. The van der Waals surface area contributed by atoms with Gasteiger partial charge in [-0.3, -0.25) is 9.59 Å². The molecule has 0 amide bonds. The molecule has 6 nitrogen and oxygen atoms in total. The van der Waals surface area contributed by atoms with E-state index in [4.69, 9.17) is 9.47 Å². The highest BCUT2D eigenvalue weighted by Gasteiger charge is 2.22. The Hall–Kier alpha value is -3.74. The quantitative estimate of drug-likeness (QED) is 0.278.